The summed E-state index contributed by atoms with van der Waals surface area (Å²) in [5.41, 5.74) is 3.76. The third-order valence-corrected chi connectivity index (χ3v) is 8.17. The Morgan fingerprint density at radius 1 is 0.317 bits per heavy atom. The molecule has 41 heavy (non-hydrogen) atoms. The number of para-hydroxylation sites is 4. The lowest BCUT2D eigenvalue weighted by atomic mass is 9.73. The lowest BCUT2D eigenvalue weighted by Gasteiger charge is -2.49. The van der Waals surface area contributed by atoms with Gasteiger partial charge in [0.1, 0.15) is 23.0 Å². The molecule has 8 rings (SSSR count). The standard InChI is InChI=1S/C38H26O3/c1-3-15-27(16-4-1)37(29-19-7-11-23-33(29)39-34-24-12-8-20-30(34)37)41-38(28-17-5-2-6-18-28)31-21-9-13-25-35(31)40-36-26-14-10-22-32(36)38/h1-26H. The van der Waals surface area contributed by atoms with E-state index in [0.29, 0.717) is 0 Å². The molecule has 0 atom stereocenters. The SMILES string of the molecule is c1ccc(C2(OC3(c4ccccc4)c4ccccc4Oc4ccccc43)c3ccccc3Oc3ccccc32)cc1. The van der Waals surface area contributed by atoms with Gasteiger partial charge in [0.15, 0.2) is 11.2 Å². The van der Waals surface area contributed by atoms with Crippen molar-refractivity contribution in [2.24, 2.45) is 0 Å². The van der Waals surface area contributed by atoms with Crippen molar-refractivity contribution in [3.8, 4) is 23.0 Å². The predicted octanol–water partition coefficient (Wildman–Crippen LogP) is 9.20. The molecular weight excluding hydrogens is 504 g/mol. The number of benzene rings is 6. The van der Waals surface area contributed by atoms with Crippen LogP contribution in [-0.2, 0) is 15.9 Å². The molecule has 0 aromatic heterocycles. The van der Waals surface area contributed by atoms with Crippen molar-refractivity contribution in [1.29, 1.82) is 0 Å². The average Bonchev–Trinajstić information content (AvgIpc) is 3.05. The van der Waals surface area contributed by atoms with E-state index < -0.39 is 11.2 Å². The number of rotatable bonds is 4. The Labute approximate surface area is 239 Å². The van der Waals surface area contributed by atoms with E-state index in [0.717, 1.165) is 56.4 Å². The van der Waals surface area contributed by atoms with Gasteiger partial charge in [0.05, 0.1) is 0 Å². The van der Waals surface area contributed by atoms with Gasteiger partial charge in [-0.15, -0.1) is 0 Å². The van der Waals surface area contributed by atoms with Gasteiger partial charge in [-0.1, -0.05) is 133 Å². The molecule has 0 radical (unpaired) electrons. The Morgan fingerprint density at radius 3 is 0.902 bits per heavy atom. The minimum Gasteiger partial charge on any atom is -0.457 e. The van der Waals surface area contributed by atoms with E-state index >= 15 is 0 Å². The van der Waals surface area contributed by atoms with Crippen molar-refractivity contribution in [2.75, 3.05) is 0 Å². The summed E-state index contributed by atoms with van der Waals surface area (Å²) < 4.78 is 21.1. The zero-order valence-corrected chi connectivity index (χ0v) is 22.2. The first kappa shape index (κ1) is 23.7. The van der Waals surface area contributed by atoms with Gasteiger partial charge in [0.25, 0.3) is 0 Å². The second-order valence-electron chi connectivity index (χ2n) is 10.4. The Kier molecular flexibility index (Phi) is 5.34. The van der Waals surface area contributed by atoms with Crippen molar-refractivity contribution in [3.63, 3.8) is 0 Å². The van der Waals surface area contributed by atoms with Crippen molar-refractivity contribution in [2.45, 2.75) is 11.2 Å². The summed E-state index contributed by atoms with van der Waals surface area (Å²) in [6.45, 7) is 0. The summed E-state index contributed by atoms with van der Waals surface area (Å²) in [5, 5.41) is 0. The fourth-order valence-corrected chi connectivity index (χ4v) is 6.45. The number of fused-ring (bicyclic) bond motifs is 4. The second kappa shape index (κ2) is 9.22. The molecule has 0 fully saturated rings. The van der Waals surface area contributed by atoms with Crippen LogP contribution < -0.4 is 9.47 Å². The molecule has 6 aromatic rings. The molecule has 0 spiro atoms. The van der Waals surface area contributed by atoms with Crippen LogP contribution >= 0.6 is 0 Å². The molecule has 2 aliphatic rings. The first-order valence-corrected chi connectivity index (χ1v) is 13.9. The Balaban J connectivity index is 1.54. The van der Waals surface area contributed by atoms with Gasteiger partial charge >= 0.3 is 0 Å². The van der Waals surface area contributed by atoms with Gasteiger partial charge in [0.2, 0.25) is 0 Å². The quantitative estimate of drug-likeness (QED) is 0.227. The van der Waals surface area contributed by atoms with Crippen LogP contribution in [0.15, 0.2) is 158 Å². The maximum Gasteiger partial charge on any atom is 0.153 e. The van der Waals surface area contributed by atoms with E-state index in [2.05, 4.69) is 97.1 Å². The van der Waals surface area contributed by atoms with Gasteiger partial charge in [0, 0.05) is 22.3 Å². The molecule has 0 amide bonds. The van der Waals surface area contributed by atoms with Crippen molar-refractivity contribution in [1.82, 2.24) is 0 Å². The highest BCUT2D eigenvalue weighted by atomic mass is 16.5. The lowest BCUT2D eigenvalue weighted by molar-refractivity contribution is -0.0884. The van der Waals surface area contributed by atoms with E-state index in [1.54, 1.807) is 0 Å². The molecule has 6 aromatic carbocycles. The highest BCUT2D eigenvalue weighted by Gasteiger charge is 2.55. The first-order chi connectivity index (χ1) is 20.3. The summed E-state index contributed by atoms with van der Waals surface area (Å²) in [6.07, 6.45) is 0. The van der Waals surface area contributed by atoms with Crippen molar-refractivity contribution < 1.29 is 14.2 Å². The van der Waals surface area contributed by atoms with Crippen LogP contribution in [0.4, 0.5) is 0 Å². The summed E-state index contributed by atoms with van der Waals surface area (Å²) in [4.78, 5) is 0. The fraction of sp³-hybridized carbons (Fsp3) is 0.0526. The summed E-state index contributed by atoms with van der Waals surface area (Å²) >= 11 is 0. The minimum absolute atomic E-state index is 0.770. The Morgan fingerprint density at radius 2 is 0.585 bits per heavy atom. The molecule has 3 nitrogen and oxygen atoms in total. The molecule has 0 N–H and O–H groups in total. The van der Waals surface area contributed by atoms with E-state index in [1.807, 2.05) is 60.7 Å². The smallest absolute Gasteiger partial charge is 0.153 e. The van der Waals surface area contributed by atoms with Crippen LogP contribution in [0.2, 0.25) is 0 Å². The third-order valence-electron chi connectivity index (χ3n) is 8.17. The van der Waals surface area contributed by atoms with E-state index in [4.69, 9.17) is 14.2 Å². The molecule has 3 heteroatoms. The average molecular weight is 531 g/mol. The van der Waals surface area contributed by atoms with Gasteiger partial charge in [-0.2, -0.15) is 0 Å². The Bertz CT molecular complexity index is 1650. The summed E-state index contributed by atoms with van der Waals surface area (Å²) in [7, 11) is 0. The molecule has 0 saturated heterocycles. The molecule has 2 aliphatic heterocycles. The van der Waals surface area contributed by atoms with Crippen LogP contribution in [-0.4, -0.2) is 0 Å². The maximum absolute atomic E-state index is 8.03. The fourth-order valence-electron chi connectivity index (χ4n) is 6.45. The largest absolute Gasteiger partial charge is 0.457 e. The molecule has 0 unspecified atom stereocenters. The van der Waals surface area contributed by atoms with Crippen molar-refractivity contribution >= 4 is 0 Å². The number of hydrogen-bond donors (Lipinski definition) is 0. The van der Waals surface area contributed by atoms with E-state index in [1.165, 1.54) is 0 Å². The van der Waals surface area contributed by atoms with Crippen LogP contribution in [0.1, 0.15) is 33.4 Å². The van der Waals surface area contributed by atoms with Gasteiger partial charge in [-0.05, 0) is 35.4 Å². The zero-order chi connectivity index (χ0) is 27.3. The second-order valence-corrected chi connectivity index (χ2v) is 10.4. The van der Waals surface area contributed by atoms with Gasteiger partial charge in [-0.25, -0.2) is 0 Å². The number of hydrogen-bond acceptors (Lipinski definition) is 3. The van der Waals surface area contributed by atoms with E-state index in [-0.39, 0.29) is 0 Å². The molecule has 0 saturated carbocycles. The lowest BCUT2D eigenvalue weighted by Crippen LogP contribution is -2.46. The Hall–Kier alpha value is -5.12. The highest BCUT2D eigenvalue weighted by Crippen LogP contribution is 2.60. The van der Waals surface area contributed by atoms with Crippen LogP contribution in [0.5, 0.6) is 23.0 Å². The molecule has 196 valence electrons. The van der Waals surface area contributed by atoms with Crippen LogP contribution in [0, 0.1) is 0 Å². The molecule has 0 bridgehead atoms. The van der Waals surface area contributed by atoms with Crippen molar-refractivity contribution in [3.05, 3.63) is 191 Å². The summed E-state index contributed by atoms with van der Waals surface area (Å²) in [6, 6.07) is 53.8. The topological polar surface area (TPSA) is 27.7 Å². The van der Waals surface area contributed by atoms with Gasteiger partial charge < -0.3 is 14.2 Å². The van der Waals surface area contributed by atoms with E-state index in [9.17, 15) is 0 Å². The molecular formula is C38H26O3. The highest BCUT2D eigenvalue weighted by molar-refractivity contribution is 5.65. The molecule has 0 aliphatic carbocycles. The summed E-state index contributed by atoms with van der Waals surface area (Å²) in [5.74, 6) is 3.08. The predicted molar refractivity (Wildman–Crippen MR) is 160 cm³/mol. The van der Waals surface area contributed by atoms with Gasteiger partial charge in [-0.3, -0.25) is 0 Å². The minimum atomic E-state index is -1.03. The zero-order valence-electron chi connectivity index (χ0n) is 22.2. The third kappa shape index (κ3) is 3.43. The maximum atomic E-state index is 8.03. The first-order valence-electron chi connectivity index (χ1n) is 13.9. The monoisotopic (exact) mass is 530 g/mol. The molecule has 2 heterocycles. The van der Waals surface area contributed by atoms with Crippen LogP contribution in [0.3, 0.4) is 0 Å². The number of ether oxygens (including phenoxy) is 3. The normalized spacial score (nSPS) is 15.2. The van der Waals surface area contributed by atoms with Crippen LogP contribution in [0.25, 0.3) is 0 Å².